The summed E-state index contributed by atoms with van der Waals surface area (Å²) in [5, 5.41) is 3.74. The van der Waals surface area contributed by atoms with E-state index in [1.807, 2.05) is 23.1 Å². The number of aromatic nitrogens is 2. The van der Waals surface area contributed by atoms with E-state index in [0.717, 1.165) is 18.5 Å². The summed E-state index contributed by atoms with van der Waals surface area (Å²) in [6.07, 6.45) is -0.979. The van der Waals surface area contributed by atoms with Crippen LogP contribution in [0.5, 0.6) is 0 Å². The topological polar surface area (TPSA) is 44.3 Å². The van der Waals surface area contributed by atoms with Crippen molar-refractivity contribution < 1.29 is 13.2 Å². The number of anilines is 3. The fourth-order valence-electron chi connectivity index (χ4n) is 3.89. The quantitative estimate of drug-likeness (QED) is 0.841. The first kappa shape index (κ1) is 18.3. The number of alkyl halides is 3. The van der Waals surface area contributed by atoms with Crippen LogP contribution in [0.3, 0.4) is 0 Å². The summed E-state index contributed by atoms with van der Waals surface area (Å²) in [7, 11) is 0. The minimum absolute atomic E-state index is 0.117. The zero-order chi connectivity index (χ0) is 19.0. The normalized spacial score (nSPS) is 22.9. The molecular weight excluding hydrogens is 379 g/mol. The zero-order valence-electron chi connectivity index (χ0n) is 14.5. The molecule has 2 fully saturated rings. The van der Waals surface area contributed by atoms with Gasteiger partial charge in [0.05, 0.1) is 17.3 Å². The average Bonchev–Trinajstić information content (AvgIpc) is 2.84. The Balaban J connectivity index is 1.48. The standard InChI is InChI=1S/C18H19ClF3N5/c19-14-3-1-2-4-15(14)24-16-7-8-23-17(25-16)26-9-12-5-6-13(10-26)27(12)11-18(20,21)22/h1-4,7-8,12-13H,5-6,9-11H2,(H,23,24,25). The molecule has 1 aromatic carbocycles. The number of nitrogens with one attached hydrogen (secondary N) is 1. The first-order valence-corrected chi connectivity index (χ1v) is 9.19. The average molecular weight is 398 g/mol. The van der Waals surface area contributed by atoms with Crippen molar-refractivity contribution in [2.75, 3.05) is 29.9 Å². The van der Waals surface area contributed by atoms with Crippen LogP contribution in [-0.2, 0) is 0 Å². The number of para-hydroxylation sites is 1. The number of hydrogen-bond acceptors (Lipinski definition) is 5. The highest BCUT2D eigenvalue weighted by Gasteiger charge is 2.45. The highest BCUT2D eigenvalue weighted by molar-refractivity contribution is 6.33. The molecule has 2 aliphatic heterocycles. The summed E-state index contributed by atoms with van der Waals surface area (Å²) >= 11 is 6.16. The van der Waals surface area contributed by atoms with E-state index < -0.39 is 12.7 Å². The van der Waals surface area contributed by atoms with Gasteiger partial charge in [-0.15, -0.1) is 0 Å². The van der Waals surface area contributed by atoms with Crippen LogP contribution in [0.2, 0.25) is 5.02 Å². The second-order valence-corrected chi connectivity index (χ2v) is 7.33. The van der Waals surface area contributed by atoms with E-state index >= 15 is 0 Å². The van der Waals surface area contributed by atoms with Crippen LogP contribution in [0.4, 0.5) is 30.6 Å². The molecule has 9 heteroatoms. The highest BCUT2D eigenvalue weighted by atomic mass is 35.5. The minimum Gasteiger partial charge on any atom is -0.339 e. The van der Waals surface area contributed by atoms with E-state index in [2.05, 4.69) is 15.3 Å². The number of fused-ring (bicyclic) bond motifs is 2. The minimum atomic E-state index is -4.17. The third-order valence-corrected chi connectivity index (χ3v) is 5.39. The van der Waals surface area contributed by atoms with Gasteiger partial charge in [0.15, 0.2) is 0 Å². The van der Waals surface area contributed by atoms with E-state index in [0.29, 0.717) is 29.9 Å². The molecule has 0 saturated carbocycles. The first-order valence-electron chi connectivity index (χ1n) is 8.81. The van der Waals surface area contributed by atoms with Gasteiger partial charge in [-0.3, -0.25) is 4.90 Å². The molecule has 2 aliphatic rings. The van der Waals surface area contributed by atoms with Crippen LogP contribution in [-0.4, -0.2) is 52.8 Å². The second-order valence-electron chi connectivity index (χ2n) is 6.92. The first-order chi connectivity index (χ1) is 12.9. The Morgan fingerprint density at radius 2 is 1.81 bits per heavy atom. The molecule has 5 nitrogen and oxygen atoms in total. The Labute approximate surface area is 160 Å². The summed E-state index contributed by atoms with van der Waals surface area (Å²) in [5.41, 5.74) is 0.735. The smallest absolute Gasteiger partial charge is 0.339 e. The SMILES string of the molecule is FC(F)(F)CN1C2CCC1CN(c1nccc(Nc3ccccc3Cl)n1)C2. The van der Waals surface area contributed by atoms with E-state index in [-0.39, 0.29) is 12.1 Å². The van der Waals surface area contributed by atoms with Crippen LogP contribution in [0.1, 0.15) is 12.8 Å². The molecule has 2 bridgehead atoms. The van der Waals surface area contributed by atoms with Crippen LogP contribution >= 0.6 is 11.6 Å². The number of piperazine rings is 1. The van der Waals surface area contributed by atoms with Crippen LogP contribution in [0, 0.1) is 0 Å². The fourth-order valence-corrected chi connectivity index (χ4v) is 4.07. The van der Waals surface area contributed by atoms with Gasteiger partial charge >= 0.3 is 6.18 Å². The van der Waals surface area contributed by atoms with Crippen molar-refractivity contribution in [3.05, 3.63) is 41.6 Å². The van der Waals surface area contributed by atoms with Gasteiger partial charge < -0.3 is 10.2 Å². The van der Waals surface area contributed by atoms with Crippen molar-refractivity contribution >= 4 is 29.1 Å². The maximum absolute atomic E-state index is 12.8. The van der Waals surface area contributed by atoms with Gasteiger partial charge in [-0.25, -0.2) is 4.98 Å². The van der Waals surface area contributed by atoms with E-state index in [4.69, 9.17) is 11.6 Å². The molecule has 2 saturated heterocycles. The predicted octanol–water partition coefficient (Wildman–Crippen LogP) is 4.09. The maximum Gasteiger partial charge on any atom is 0.401 e. The lowest BCUT2D eigenvalue weighted by Gasteiger charge is -2.41. The third-order valence-electron chi connectivity index (χ3n) is 5.06. The van der Waals surface area contributed by atoms with E-state index in [9.17, 15) is 13.2 Å². The molecule has 0 amide bonds. The maximum atomic E-state index is 12.8. The van der Waals surface area contributed by atoms with Crippen molar-refractivity contribution in [3.63, 3.8) is 0 Å². The number of halogens is 4. The Bertz CT molecular complexity index is 802. The van der Waals surface area contributed by atoms with Gasteiger partial charge in [-0.2, -0.15) is 18.2 Å². The molecule has 1 N–H and O–H groups in total. The van der Waals surface area contributed by atoms with Gasteiger partial charge in [0.2, 0.25) is 5.95 Å². The molecule has 0 aliphatic carbocycles. The number of rotatable bonds is 4. The van der Waals surface area contributed by atoms with Gasteiger partial charge in [-0.05, 0) is 31.0 Å². The van der Waals surface area contributed by atoms with Crippen molar-refractivity contribution in [1.82, 2.24) is 14.9 Å². The van der Waals surface area contributed by atoms with Gasteiger partial charge in [0.1, 0.15) is 5.82 Å². The summed E-state index contributed by atoms with van der Waals surface area (Å²) in [6.45, 7) is 0.162. The molecule has 3 heterocycles. The molecule has 144 valence electrons. The molecule has 4 rings (SSSR count). The number of hydrogen-bond donors (Lipinski definition) is 1. The fraction of sp³-hybridized carbons (Fsp3) is 0.444. The van der Waals surface area contributed by atoms with Crippen LogP contribution < -0.4 is 10.2 Å². The lowest BCUT2D eigenvalue weighted by Crippen LogP contribution is -2.56. The van der Waals surface area contributed by atoms with Gasteiger partial charge in [0, 0.05) is 31.4 Å². The molecule has 0 spiro atoms. The van der Waals surface area contributed by atoms with E-state index in [1.54, 1.807) is 23.2 Å². The molecule has 1 aromatic heterocycles. The van der Waals surface area contributed by atoms with Crippen molar-refractivity contribution in [2.45, 2.75) is 31.1 Å². The molecule has 0 radical (unpaired) electrons. The van der Waals surface area contributed by atoms with Gasteiger partial charge in [0.25, 0.3) is 0 Å². The predicted molar refractivity (Wildman–Crippen MR) is 98.6 cm³/mol. The number of nitrogens with zero attached hydrogens (tertiary/aromatic N) is 4. The summed E-state index contributed by atoms with van der Waals surface area (Å²) < 4.78 is 38.5. The summed E-state index contributed by atoms with van der Waals surface area (Å²) in [5.74, 6) is 1.12. The Morgan fingerprint density at radius 3 is 2.48 bits per heavy atom. The Morgan fingerprint density at radius 1 is 1.11 bits per heavy atom. The summed E-state index contributed by atoms with van der Waals surface area (Å²) in [6, 6.07) is 8.84. The molecule has 2 atom stereocenters. The second kappa shape index (κ2) is 7.16. The molecule has 27 heavy (non-hydrogen) atoms. The zero-order valence-corrected chi connectivity index (χ0v) is 15.2. The molecular formula is C18H19ClF3N5. The van der Waals surface area contributed by atoms with E-state index in [1.165, 1.54) is 0 Å². The van der Waals surface area contributed by atoms with Crippen molar-refractivity contribution in [2.24, 2.45) is 0 Å². The number of benzene rings is 1. The Hall–Kier alpha value is -2.06. The third kappa shape index (κ3) is 4.11. The summed E-state index contributed by atoms with van der Waals surface area (Å²) in [4.78, 5) is 12.4. The lowest BCUT2D eigenvalue weighted by molar-refractivity contribution is -0.153. The molecule has 2 unspecified atom stereocenters. The van der Waals surface area contributed by atoms with Gasteiger partial charge in [-0.1, -0.05) is 23.7 Å². The van der Waals surface area contributed by atoms with Crippen LogP contribution in [0.15, 0.2) is 36.5 Å². The molecule has 2 aromatic rings. The monoisotopic (exact) mass is 397 g/mol. The van der Waals surface area contributed by atoms with Crippen molar-refractivity contribution in [1.29, 1.82) is 0 Å². The van der Waals surface area contributed by atoms with Crippen molar-refractivity contribution in [3.8, 4) is 0 Å². The van der Waals surface area contributed by atoms with Crippen LogP contribution in [0.25, 0.3) is 0 Å². The highest BCUT2D eigenvalue weighted by Crippen LogP contribution is 2.34. The Kier molecular flexibility index (Phi) is 4.86. The largest absolute Gasteiger partial charge is 0.401 e. The lowest BCUT2D eigenvalue weighted by atomic mass is 10.2.